The fraction of sp³-hybridized carbons (Fsp3) is 0.917. The van der Waals surface area contributed by atoms with Gasteiger partial charge in [0.15, 0.2) is 0 Å². The van der Waals surface area contributed by atoms with Crippen LogP contribution in [0.1, 0.15) is 32.1 Å². The fourth-order valence-corrected chi connectivity index (χ4v) is 3.83. The zero-order chi connectivity index (χ0) is 11.4. The average molecular weight is 244 g/mol. The van der Waals surface area contributed by atoms with E-state index in [4.69, 9.17) is 9.84 Å². The summed E-state index contributed by atoms with van der Waals surface area (Å²) in [6.07, 6.45) is 4.95. The first kappa shape index (κ1) is 12.2. The molecule has 16 heavy (non-hydrogen) atoms. The van der Waals surface area contributed by atoms with Crippen LogP contribution >= 0.6 is 11.8 Å². The van der Waals surface area contributed by atoms with Crippen molar-refractivity contribution in [3.8, 4) is 0 Å². The van der Waals surface area contributed by atoms with Crippen LogP contribution in [0.3, 0.4) is 0 Å². The second-order valence-electron chi connectivity index (χ2n) is 5.14. The molecule has 2 rings (SSSR count). The van der Waals surface area contributed by atoms with E-state index in [1.807, 2.05) is 11.8 Å². The Morgan fingerprint density at radius 2 is 2.06 bits per heavy atom. The lowest BCUT2D eigenvalue weighted by molar-refractivity contribution is -0.138. The van der Waals surface area contributed by atoms with E-state index in [1.165, 1.54) is 18.6 Å². The van der Waals surface area contributed by atoms with Crippen LogP contribution in [0.2, 0.25) is 0 Å². The van der Waals surface area contributed by atoms with E-state index in [0.717, 1.165) is 37.7 Å². The molecule has 3 nitrogen and oxygen atoms in total. The van der Waals surface area contributed by atoms with Crippen LogP contribution in [0.25, 0.3) is 0 Å². The zero-order valence-corrected chi connectivity index (χ0v) is 10.4. The Kier molecular flexibility index (Phi) is 4.14. The molecule has 0 aromatic rings. The van der Waals surface area contributed by atoms with E-state index in [0.29, 0.717) is 6.42 Å². The van der Waals surface area contributed by atoms with Gasteiger partial charge in [-0.3, -0.25) is 4.79 Å². The molecule has 1 N–H and O–H groups in total. The van der Waals surface area contributed by atoms with Gasteiger partial charge in [-0.1, -0.05) is 0 Å². The summed E-state index contributed by atoms with van der Waals surface area (Å²) in [6.45, 7) is 1.82. The Labute approximate surface area is 101 Å². The van der Waals surface area contributed by atoms with E-state index in [2.05, 4.69) is 0 Å². The summed E-state index contributed by atoms with van der Waals surface area (Å²) in [5.41, 5.74) is 0.154. The minimum absolute atomic E-state index is 0.154. The second kappa shape index (κ2) is 5.41. The van der Waals surface area contributed by atoms with E-state index in [1.54, 1.807) is 0 Å². The molecule has 0 amide bonds. The van der Waals surface area contributed by atoms with Crippen LogP contribution < -0.4 is 0 Å². The summed E-state index contributed by atoms with van der Waals surface area (Å²) in [6, 6.07) is 0. The SMILES string of the molecule is O=C(O)CC1(CSCC2CCOCC2)CC1. The lowest BCUT2D eigenvalue weighted by Crippen LogP contribution is -2.18. The normalized spacial score (nSPS) is 24.2. The maximum absolute atomic E-state index is 10.7. The third-order valence-corrected chi connectivity index (χ3v) is 5.11. The number of hydrogen-bond acceptors (Lipinski definition) is 3. The van der Waals surface area contributed by atoms with E-state index in [-0.39, 0.29) is 5.41 Å². The highest BCUT2D eigenvalue weighted by Crippen LogP contribution is 2.51. The van der Waals surface area contributed by atoms with Gasteiger partial charge < -0.3 is 9.84 Å². The van der Waals surface area contributed by atoms with Crippen molar-refractivity contribution in [2.45, 2.75) is 32.1 Å². The maximum Gasteiger partial charge on any atom is 0.303 e. The van der Waals surface area contributed by atoms with E-state index < -0.39 is 5.97 Å². The molecule has 2 fully saturated rings. The zero-order valence-electron chi connectivity index (χ0n) is 9.61. The smallest absolute Gasteiger partial charge is 0.303 e. The van der Waals surface area contributed by atoms with Crippen molar-refractivity contribution in [1.82, 2.24) is 0 Å². The molecule has 0 radical (unpaired) electrons. The molecule has 1 saturated carbocycles. The summed E-state index contributed by atoms with van der Waals surface area (Å²) >= 11 is 1.95. The van der Waals surface area contributed by atoms with Crippen LogP contribution in [-0.4, -0.2) is 35.8 Å². The quantitative estimate of drug-likeness (QED) is 0.779. The van der Waals surface area contributed by atoms with Gasteiger partial charge in [0.25, 0.3) is 0 Å². The van der Waals surface area contributed by atoms with Crippen molar-refractivity contribution in [2.24, 2.45) is 11.3 Å². The van der Waals surface area contributed by atoms with Crippen molar-refractivity contribution in [1.29, 1.82) is 0 Å². The first-order valence-corrected chi connectivity index (χ1v) is 7.23. The summed E-state index contributed by atoms with van der Waals surface area (Å²) in [4.78, 5) is 10.7. The van der Waals surface area contributed by atoms with Gasteiger partial charge in [0, 0.05) is 13.2 Å². The van der Waals surface area contributed by atoms with Crippen LogP contribution in [0.15, 0.2) is 0 Å². The highest BCUT2D eigenvalue weighted by atomic mass is 32.2. The van der Waals surface area contributed by atoms with Crippen molar-refractivity contribution < 1.29 is 14.6 Å². The average Bonchev–Trinajstić information content (AvgIpc) is 2.99. The Hall–Kier alpha value is -0.220. The summed E-state index contributed by atoms with van der Waals surface area (Å²) in [7, 11) is 0. The predicted octanol–water partition coefficient (Wildman–Crippen LogP) is 2.40. The molecule has 4 heteroatoms. The molecule has 0 spiro atoms. The number of carboxylic acid groups (broad SMARTS) is 1. The molecule has 0 aromatic heterocycles. The topological polar surface area (TPSA) is 46.5 Å². The molecule has 0 aromatic carbocycles. The minimum Gasteiger partial charge on any atom is -0.481 e. The Bertz CT molecular complexity index is 245. The third kappa shape index (κ3) is 3.67. The van der Waals surface area contributed by atoms with Crippen molar-refractivity contribution in [2.75, 3.05) is 24.7 Å². The number of ether oxygens (including phenoxy) is 1. The maximum atomic E-state index is 10.7. The molecule has 1 aliphatic heterocycles. The molecule has 0 bridgehead atoms. The molecule has 1 aliphatic carbocycles. The number of aliphatic carboxylic acids is 1. The Morgan fingerprint density at radius 3 is 2.62 bits per heavy atom. The molecule has 2 aliphatic rings. The highest BCUT2D eigenvalue weighted by Gasteiger charge is 2.44. The molecular weight excluding hydrogens is 224 g/mol. The number of carboxylic acids is 1. The summed E-state index contributed by atoms with van der Waals surface area (Å²) < 4.78 is 5.32. The predicted molar refractivity (Wildman–Crippen MR) is 64.8 cm³/mol. The molecule has 0 unspecified atom stereocenters. The van der Waals surface area contributed by atoms with Crippen molar-refractivity contribution in [3.05, 3.63) is 0 Å². The number of carbonyl (C=O) groups is 1. The third-order valence-electron chi connectivity index (χ3n) is 3.59. The summed E-state index contributed by atoms with van der Waals surface area (Å²) in [5, 5.41) is 8.81. The van der Waals surface area contributed by atoms with E-state index in [9.17, 15) is 4.79 Å². The fourth-order valence-electron chi connectivity index (χ4n) is 2.22. The first-order chi connectivity index (χ1) is 7.70. The molecule has 92 valence electrons. The van der Waals surface area contributed by atoms with Gasteiger partial charge in [0.1, 0.15) is 0 Å². The van der Waals surface area contributed by atoms with Gasteiger partial charge in [-0.15, -0.1) is 0 Å². The molecular formula is C12H20O3S. The van der Waals surface area contributed by atoms with Crippen molar-refractivity contribution in [3.63, 3.8) is 0 Å². The van der Waals surface area contributed by atoms with Gasteiger partial charge in [-0.05, 0) is 48.5 Å². The van der Waals surface area contributed by atoms with Crippen LogP contribution in [-0.2, 0) is 9.53 Å². The lowest BCUT2D eigenvalue weighted by Gasteiger charge is -2.22. The van der Waals surface area contributed by atoms with Gasteiger partial charge in [-0.2, -0.15) is 11.8 Å². The Balaban J connectivity index is 1.62. The standard InChI is InChI=1S/C12H20O3S/c13-11(14)7-12(3-4-12)9-16-8-10-1-5-15-6-2-10/h10H,1-9H2,(H,13,14). The number of hydrogen-bond donors (Lipinski definition) is 1. The highest BCUT2D eigenvalue weighted by molar-refractivity contribution is 7.99. The van der Waals surface area contributed by atoms with Gasteiger partial charge in [0.05, 0.1) is 6.42 Å². The van der Waals surface area contributed by atoms with Crippen LogP contribution in [0.4, 0.5) is 0 Å². The minimum atomic E-state index is -0.635. The van der Waals surface area contributed by atoms with Crippen LogP contribution in [0, 0.1) is 11.3 Å². The van der Waals surface area contributed by atoms with Crippen molar-refractivity contribution >= 4 is 17.7 Å². The van der Waals surface area contributed by atoms with Gasteiger partial charge >= 0.3 is 5.97 Å². The largest absolute Gasteiger partial charge is 0.481 e. The summed E-state index contributed by atoms with van der Waals surface area (Å²) in [5.74, 6) is 2.38. The second-order valence-corrected chi connectivity index (χ2v) is 6.17. The Morgan fingerprint density at radius 1 is 1.38 bits per heavy atom. The monoisotopic (exact) mass is 244 g/mol. The lowest BCUT2D eigenvalue weighted by atomic mass is 10.0. The van der Waals surface area contributed by atoms with E-state index >= 15 is 0 Å². The van der Waals surface area contributed by atoms with Crippen LogP contribution in [0.5, 0.6) is 0 Å². The molecule has 1 heterocycles. The first-order valence-electron chi connectivity index (χ1n) is 6.07. The molecule has 1 saturated heterocycles. The van der Waals surface area contributed by atoms with Gasteiger partial charge in [0.2, 0.25) is 0 Å². The van der Waals surface area contributed by atoms with Gasteiger partial charge in [-0.25, -0.2) is 0 Å². The number of rotatable bonds is 6. The number of thioether (sulfide) groups is 1. The molecule has 0 atom stereocenters.